The van der Waals surface area contributed by atoms with Gasteiger partial charge >= 0.3 is 0 Å². The molecule has 0 amide bonds. The molecule has 2 N–H and O–H groups in total. The van der Waals surface area contributed by atoms with Crippen molar-refractivity contribution in [3.05, 3.63) is 39.9 Å². The highest BCUT2D eigenvalue weighted by molar-refractivity contribution is 5.81. The summed E-state index contributed by atoms with van der Waals surface area (Å²) in [6.07, 6.45) is 4.20. The number of aryl methyl sites for hydroxylation is 2. The smallest absolute Gasteiger partial charge is 0.262 e. The Labute approximate surface area is 145 Å². The van der Waals surface area contributed by atoms with Crippen LogP contribution in [0.3, 0.4) is 0 Å². The van der Waals surface area contributed by atoms with Crippen LogP contribution in [0.4, 0.5) is 0 Å². The van der Waals surface area contributed by atoms with Crippen LogP contribution in [0.1, 0.15) is 37.1 Å². The van der Waals surface area contributed by atoms with Gasteiger partial charge < -0.3 is 10.4 Å². The van der Waals surface area contributed by atoms with Crippen LogP contribution in [-0.2, 0) is 13.6 Å². The van der Waals surface area contributed by atoms with Gasteiger partial charge in [-0.25, -0.2) is 0 Å². The van der Waals surface area contributed by atoms with E-state index in [4.69, 9.17) is 0 Å². The number of hydrogen-bond donors (Lipinski definition) is 2. The molecule has 3 aromatic rings. The second-order valence-corrected chi connectivity index (χ2v) is 7.14. The SMILES string of the molecule is Cc1ccc2c(c1)c(=O)n(C)c1nnc(CNC3(CO)CCCC3)n21. The molecule has 1 aliphatic rings. The average molecular weight is 341 g/mol. The van der Waals surface area contributed by atoms with Crippen molar-refractivity contribution in [1.29, 1.82) is 0 Å². The van der Waals surface area contributed by atoms with Crippen LogP contribution in [-0.4, -0.2) is 36.4 Å². The van der Waals surface area contributed by atoms with Crippen LogP contribution in [0.25, 0.3) is 16.7 Å². The quantitative estimate of drug-likeness (QED) is 0.747. The summed E-state index contributed by atoms with van der Waals surface area (Å²) in [5.74, 6) is 1.28. The minimum absolute atomic E-state index is 0.0688. The van der Waals surface area contributed by atoms with Gasteiger partial charge in [-0.2, -0.15) is 0 Å². The molecular weight excluding hydrogens is 318 g/mol. The van der Waals surface area contributed by atoms with E-state index in [0.29, 0.717) is 17.7 Å². The van der Waals surface area contributed by atoms with E-state index in [2.05, 4.69) is 15.5 Å². The van der Waals surface area contributed by atoms with Gasteiger partial charge in [-0.15, -0.1) is 10.2 Å². The molecule has 2 aromatic heterocycles. The van der Waals surface area contributed by atoms with Crippen LogP contribution in [0.15, 0.2) is 23.0 Å². The fourth-order valence-corrected chi connectivity index (χ4v) is 3.88. The third-order valence-electron chi connectivity index (χ3n) is 5.43. The zero-order valence-electron chi connectivity index (χ0n) is 14.6. The van der Waals surface area contributed by atoms with Crippen molar-refractivity contribution < 1.29 is 5.11 Å². The molecule has 0 radical (unpaired) electrons. The molecular formula is C18H23N5O2. The monoisotopic (exact) mass is 341 g/mol. The zero-order chi connectivity index (χ0) is 17.6. The Hall–Kier alpha value is -2.25. The van der Waals surface area contributed by atoms with Crippen molar-refractivity contribution in [3.63, 3.8) is 0 Å². The summed E-state index contributed by atoms with van der Waals surface area (Å²) in [6, 6.07) is 5.84. The van der Waals surface area contributed by atoms with E-state index < -0.39 is 0 Å². The van der Waals surface area contributed by atoms with E-state index in [-0.39, 0.29) is 17.7 Å². The van der Waals surface area contributed by atoms with Crippen molar-refractivity contribution in [2.45, 2.75) is 44.7 Å². The van der Waals surface area contributed by atoms with Crippen molar-refractivity contribution in [2.75, 3.05) is 6.61 Å². The molecule has 2 heterocycles. The molecule has 1 aliphatic carbocycles. The first-order valence-corrected chi connectivity index (χ1v) is 8.74. The molecule has 1 aromatic carbocycles. The molecule has 132 valence electrons. The molecule has 0 bridgehead atoms. The van der Waals surface area contributed by atoms with Gasteiger partial charge in [0.05, 0.1) is 24.1 Å². The van der Waals surface area contributed by atoms with Gasteiger partial charge in [0.25, 0.3) is 5.56 Å². The highest BCUT2D eigenvalue weighted by Crippen LogP contribution is 2.29. The lowest BCUT2D eigenvalue weighted by Crippen LogP contribution is -2.45. The second-order valence-electron chi connectivity index (χ2n) is 7.14. The molecule has 1 saturated carbocycles. The van der Waals surface area contributed by atoms with Gasteiger partial charge in [0.15, 0.2) is 5.82 Å². The lowest BCUT2D eigenvalue weighted by Gasteiger charge is -2.27. The normalized spacial score (nSPS) is 16.9. The molecule has 0 saturated heterocycles. The number of benzene rings is 1. The summed E-state index contributed by atoms with van der Waals surface area (Å²) in [6.45, 7) is 2.61. The van der Waals surface area contributed by atoms with E-state index in [1.807, 2.05) is 29.5 Å². The molecule has 4 rings (SSSR count). The van der Waals surface area contributed by atoms with Gasteiger partial charge in [0.2, 0.25) is 5.78 Å². The second kappa shape index (κ2) is 5.93. The highest BCUT2D eigenvalue weighted by atomic mass is 16.3. The van der Waals surface area contributed by atoms with E-state index in [1.54, 1.807) is 7.05 Å². The lowest BCUT2D eigenvalue weighted by atomic mass is 9.99. The minimum Gasteiger partial charge on any atom is -0.394 e. The van der Waals surface area contributed by atoms with Crippen LogP contribution in [0, 0.1) is 6.92 Å². The maximum absolute atomic E-state index is 12.6. The fourth-order valence-electron chi connectivity index (χ4n) is 3.88. The van der Waals surface area contributed by atoms with Crippen LogP contribution in [0.2, 0.25) is 0 Å². The summed E-state index contributed by atoms with van der Waals surface area (Å²) in [4.78, 5) is 12.6. The number of hydrogen-bond acceptors (Lipinski definition) is 5. The lowest BCUT2D eigenvalue weighted by molar-refractivity contribution is 0.162. The summed E-state index contributed by atoms with van der Waals surface area (Å²) in [5, 5.41) is 22.5. The zero-order valence-corrected chi connectivity index (χ0v) is 14.6. The molecule has 0 spiro atoms. The summed E-state index contributed by atoms with van der Waals surface area (Å²) >= 11 is 0. The number of fused-ring (bicyclic) bond motifs is 3. The van der Waals surface area contributed by atoms with E-state index in [0.717, 1.165) is 42.6 Å². The van der Waals surface area contributed by atoms with Crippen molar-refractivity contribution in [3.8, 4) is 0 Å². The molecule has 1 fully saturated rings. The van der Waals surface area contributed by atoms with E-state index >= 15 is 0 Å². The number of nitrogens with zero attached hydrogens (tertiary/aromatic N) is 4. The van der Waals surface area contributed by atoms with Crippen LogP contribution < -0.4 is 10.9 Å². The van der Waals surface area contributed by atoms with E-state index in [1.165, 1.54) is 4.57 Å². The molecule has 0 aliphatic heterocycles. The Bertz CT molecular complexity index is 998. The van der Waals surface area contributed by atoms with Crippen LogP contribution in [0.5, 0.6) is 0 Å². The van der Waals surface area contributed by atoms with Gasteiger partial charge in [-0.1, -0.05) is 24.5 Å². The average Bonchev–Trinajstić information content (AvgIpc) is 3.25. The van der Waals surface area contributed by atoms with Gasteiger partial charge in [-0.3, -0.25) is 13.8 Å². The number of rotatable bonds is 4. The highest BCUT2D eigenvalue weighted by Gasteiger charge is 2.33. The van der Waals surface area contributed by atoms with Crippen molar-refractivity contribution in [2.24, 2.45) is 7.05 Å². The maximum atomic E-state index is 12.6. The molecule has 25 heavy (non-hydrogen) atoms. The predicted molar refractivity (Wildman–Crippen MR) is 95.6 cm³/mol. The van der Waals surface area contributed by atoms with E-state index in [9.17, 15) is 9.90 Å². The number of aliphatic hydroxyl groups is 1. The summed E-state index contributed by atoms with van der Waals surface area (Å²) < 4.78 is 3.47. The first kappa shape index (κ1) is 16.2. The van der Waals surface area contributed by atoms with Gasteiger partial charge in [-0.05, 0) is 31.9 Å². The molecule has 7 heteroatoms. The Morgan fingerprint density at radius 1 is 1.28 bits per heavy atom. The molecule has 0 unspecified atom stereocenters. The fraction of sp³-hybridized carbons (Fsp3) is 0.500. The Balaban J connectivity index is 1.83. The predicted octanol–water partition coefficient (Wildman–Crippen LogP) is 1.28. The summed E-state index contributed by atoms with van der Waals surface area (Å²) in [7, 11) is 1.72. The first-order valence-electron chi connectivity index (χ1n) is 8.74. The topological polar surface area (TPSA) is 84.5 Å². The third-order valence-corrected chi connectivity index (χ3v) is 5.43. The van der Waals surface area contributed by atoms with Crippen molar-refractivity contribution in [1.82, 2.24) is 24.5 Å². The first-order chi connectivity index (χ1) is 12.0. The largest absolute Gasteiger partial charge is 0.394 e. The standard InChI is InChI=1S/C18H23N5O2/c1-12-5-6-14-13(9-12)16(25)22(2)17-21-20-15(23(14)17)10-19-18(11-24)7-3-4-8-18/h5-6,9,19,24H,3-4,7-8,10-11H2,1-2H3. The van der Waals surface area contributed by atoms with Gasteiger partial charge in [0.1, 0.15) is 0 Å². The van der Waals surface area contributed by atoms with Crippen molar-refractivity contribution >= 4 is 16.7 Å². The van der Waals surface area contributed by atoms with Crippen LogP contribution >= 0.6 is 0 Å². The minimum atomic E-state index is -0.223. The maximum Gasteiger partial charge on any atom is 0.262 e. The summed E-state index contributed by atoms with van der Waals surface area (Å²) in [5.41, 5.74) is 1.57. The Morgan fingerprint density at radius 2 is 2.04 bits per heavy atom. The number of nitrogens with one attached hydrogen (secondary N) is 1. The molecule has 7 nitrogen and oxygen atoms in total. The Morgan fingerprint density at radius 3 is 2.76 bits per heavy atom. The number of aliphatic hydroxyl groups excluding tert-OH is 1. The molecule has 0 atom stereocenters. The van der Waals surface area contributed by atoms with Gasteiger partial charge in [0, 0.05) is 12.6 Å². The third kappa shape index (κ3) is 2.54. The Kier molecular flexibility index (Phi) is 3.85. The number of aromatic nitrogens is 4.